The van der Waals surface area contributed by atoms with E-state index in [9.17, 15) is 13.2 Å². The standard InChI is InChI=1S/C8H7ClN4O3S/c1-13-7(5-2-3-6(14)10-4-5)11-12-8(13)17(9,15)16/h2-4H,1H3,(H,10,14). The maximum atomic E-state index is 11.1. The Morgan fingerprint density at radius 3 is 2.53 bits per heavy atom. The van der Waals surface area contributed by atoms with Gasteiger partial charge in [-0.3, -0.25) is 9.36 Å². The van der Waals surface area contributed by atoms with E-state index in [1.54, 1.807) is 0 Å². The monoisotopic (exact) mass is 274 g/mol. The average molecular weight is 275 g/mol. The molecule has 7 nitrogen and oxygen atoms in total. The van der Waals surface area contributed by atoms with Gasteiger partial charge in [0.15, 0.2) is 5.82 Å². The summed E-state index contributed by atoms with van der Waals surface area (Å²) in [5.41, 5.74) is 0.271. The van der Waals surface area contributed by atoms with E-state index in [2.05, 4.69) is 15.2 Å². The number of aromatic nitrogens is 4. The summed E-state index contributed by atoms with van der Waals surface area (Å²) >= 11 is 0. The molecule has 2 heterocycles. The van der Waals surface area contributed by atoms with Crippen molar-refractivity contribution in [2.75, 3.05) is 0 Å². The van der Waals surface area contributed by atoms with Crippen LogP contribution in [0.2, 0.25) is 0 Å². The van der Waals surface area contributed by atoms with Gasteiger partial charge in [0.25, 0.3) is 14.2 Å². The van der Waals surface area contributed by atoms with Crippen LogP contribution in [-0.2, 0) is 16.1 Å². The van der Waals surface area contributed by atoms with Crippen LogP contribution in [-0.4, -0.2) is 28.2 Å². The van der Waals surface area contributed by atoms with Crippen LogP contribution in [0, 0.1) is 0 Å². The molecule has 2 rings (SSSR count). The number of aromatic amines is 1. The largest absolute Gasteiger partial charge is 0.328 e. The van der Waals surface area contributed by atoms with Crippen LogP contribution in [0.3, 0.4) is 0 Å². The first-order valence-electron chi connectivity index (χ1n) is 4.43. The molecular weight excluding hydrogens is 268 g/mol. The molecule has 17 heavy (non-hydrogen) atoms. The number of nitrogens with one attached hydrogen (secondary N) is 1. The number of H-pyrrole nitrogens is 1. The highest BCUT2D eigenvalue weighted by Gasteiger charge is 2.20. The first-order valence-corrected chi connectivity index (χ1v) is 6.73. The van der Waals surface area contributed by atoms with Gasteiger partial charge in [-0.1, -0.05) is 0 Å². The van der Waals surface area contributed by atoms with Crippen molar-refractivity contribution in [2.45, 2.75) is 5.16 Å². The van der Waals surface area contributed by atoms with Gasteiger partial charge < -0.3 is 4.98 Å². The van der Waals surface area contributed by atoms with Crippen molar-refractivity contribution < 1.29 is 8.42 Å². The van der Waals surface area contributed by atoms with Gasteiger partial charge in [-0.15, -0.1) is 10.2 Å². The number of halogens is 1. The summed E-state index contributed by atoms with van der Waals surface area (Å²) < 4.78 is 23.5. The predicted molar refractivity (Wildman–Crippen MR) is 60.1 cm³/mol. The van der Waals surface area contributed by atoms with Crippen LogP contribution in [0.5, 0.6) is 0 Å². The second kappa shape index (κ2) is 3.97. The van der Waals surface area contributed by atoms with Crippen molar-refractivity contribution in [3.8, 4) is 11.4 Å². The van der Waals surface area contributed by atoms with E-state index in [4.69, 9.17) is 10.7 Å². The Morgan fingerprint density at radius 1 is 1.35 bits per heavy atom. The minimum Gasteiger partial charge on any atom is -0.328 e. The maximum Gasteiger partial charge on any atom is 0.296 e. The van der Waals surface area contributed by atoms with E-state index in [1.165, 1.54) is 29.9 Å². The molecule has 0 radical (unpaired) electrons. The number of pyridine rings is 1. The molecule has 0 unspecified atom stereocenters. The van der Waals surface area contributed by atoms with Crippen LogP contribution in [0.25, 0.3) is 11.4 Å². The Kier molecular flexibility index (Phi) is 2.76. The highest BCUT2D eigenvalue weighted by molar-refractivity contribution is 8.13. The van der Waals surface area contributed by atoms with Crippen LogP contribution in [0.4, 0.5) is 0 Å². The third kappa shape index (κ3) is 2.22. The zero-order valence-corrected chi connectivity index (χ0v) is 10.2. The van der Waals surface area contributed by atoms with Gasteiger partial charge in [0.05, 0.1) is 0 Å². The third-order valence-electron chi connectivity index (χ3n) is 2.10. The molecule has 0 saturated heterocycles. The fourth-order valence-corrected chi connectivity index (χ4v) is 2.28. The van der Waals surface area contributed by atoms with Crippen molar-refractivity contribution in [3.63, 3.8) is 0 Å². The molecule has 0 bridgehead atoms. The Morgan fingerprint density at radius 2 is 2.06 bits per heavy atom. The summed E-state index contributed by atoms with van der Waals surface area (Å²) in [7, 11) is 2.71. The topological polar surface area (TPSA) is 97.7 Å². The Labute approximate surface area is 100 Å². The molecule has 0 aliphatic heterocycles. The molecule has 1 N–H and O–H groups in total. The second-order valence-corrected chi connectivity index (χ2v) is 5.70. The van der Waals surface area contributed by atoms with Gasteiger partial charge in [-0.25, -0.2) is 8.42 Å². The highest BCUT2D eigenvalue weighted by atomic mass is 35.7. The van der Waals surface area contributed by atoms with Gasteiger partial charge in [-0.05, 0) is 6.07 Å². The normalized spacial score (nSPS) is 11.6. The van der Waals surface area contributed by atoms with Crippen LogP contribution in [0.1, 0.15) is 0 Å². The van der Waals surface area contributed by atoms with Crippen LogP contribution >= 0.6 is 10.7 Å². The van der Waals surface area contributed by atoms with Crippen LogP contribution < -0.4 is 5.56 Å². The minimum absolute atomic E-state index is 0.263. The summed E-state index contributed by atoms with van der Waals surface area (Å²) in [4.78, 5) is 13.3. The van der Waals surface area contributed by atoms with Gasteiger partial charge >= 0.3 is 0 Å². The summed E-state index contributed by atoms with van der Waals surface area (Å²) in [6.45, 7) is 0. The molecule has 2 aromatic heterocycles. The molecule has 90 valence electrons. The Balaban J connectivity index is 2.59. The number of rotatable bonds is 2. The van der Waals surface area contributed by atoms with Gasteiger partial charge in [0, 0.05) is 35.6 Å². The molecule has 0 aromatic carbocycles. The maximum absolute atomic E-state index is 11.1. The lowest BCUT2D eigenvalue weighted by Crippen LogP contribution is -2.05. The molecule has 0 saturated carbocycles. The molecular formula is C8H7ClN4O3S. The molecule has 0 amide bonds. The minimum atomic E-state index is -3.94. The van der Waals surface area contributed by atoms with E-state index in [-0.39, 0.29) is 10.7 Å². The zero-order valence-electron chi connectivity index (χ0n) is 8.58. The van der Waals surface area contributed by atoms with Crippen molar-refractivity contribution in [1.29, 1.82) is 0 Å². The average Bonchev–Trinajstić information content (AvgIpc) is 2.61. The van der Waals surface area contributed by atoms with E-state index in [0.717, 1.165) is 0 Å². The quantitative estimate of drug-likeness (QED) is 0.783. The summed E-state index contributed by atoms with van der Waals surface area (Å²) in [6.07, 6.45) is 1.41. The Hall–Kier alpha value is -1.67. The Bertz CT molecular complexity index is 698. The summed E-state index contributed by atoms with van der Waals surface area (Å²) in [6, 6.07) is 2.81. The molecule has 2 aromatic rings. The molecule has 0 aliphatic rings. The fraction of sp³-hybridized carbons (Fsp3) is 0.125. The number of nitrogens with zero attached hydrogens (tertiary/aromatic N) is 3. The lowest BCUT2D eigenvalue weighted by molar-refractivity contribution is 0.593. The molecule has 9 heteroatoms. The molecule has 0 spiro atoms. The predicted octanol–water partition coefficient (Wildman–Crippen LogP) is 0.0979. The van der Waals surface area contributed by atoms with Crippen molar-refractivity contribution >= 4 is 19.7 Å². The van der Waals surface area contributed by atoms with Crippen LogP contribution in [0.15, 0.2) is 28.3 Å². The van der Waals surface area contributed by atoms with E-state index >= 15 is 0 Å². The lowest BCUT2D eigenvalue weighted by atomic mass is 10.3. The molecule has 0 aliphatic carbocycles. The first kappa shape index (κ1) is 11.8. The smallest absolute Gasteiger partial charge is 0.296 e. The van der Waals surface area contributed by atoms with Crippen molar-refractivity contribution in [1.82, 2.24) is 19.7 Å². The molecule has 0 fully saturated rings. The lowest BCUT2D eigenvalue weighted by Gasteiger charge is -2.00. The van der Waals surface area contributed by atoms with E-state index in [1.807, 2.05) is 0 Å². The second-order valence-electron chi connectivity index (χ2n) is 3.24. The van der Waals surface area contributed by atoms with Gasteiger partial charge in [0.1, 0.15) is 0 Å². The van der Waals surface area contributed by atoms with Gasteiger partial charge in [0.2, 0.25) is 5.56 Å². The highest BCUT2D eigenvalue weighted by Crippen LogP contribution is 2.19. The summed E-state index contributed by atoms with van der Waals surface area (Å²) in [5.74, 6) is 0.292. The SMILES string of the molecule is Cn1c(-c2ccc(=O)[nH]c2)nnc1S(=O)(=O)Cl. The summed E-state index contributed by atoms with van der Waals surface area (Å²) in [5, 5.41) is 6.85. The van der Waals surface area contributed by atoms with Crippen molar-refractivity contribution in [2.24, 2.45) is 7.05 Å². The zero-order chi connectivity index (χ0) is 12.6. The fourth-order valence-electron chi connectivity index (χ4n) is 1.33. The van der Waals surface area contributed by atoms with E-state index in [0.29, 0.717) is 11.4 Å². The third-order valence-corrected chi connectivity index (χ3v) is 3.30. The van der Waals surface area contributed by atoms with Gasteiger partial charge in [-0.2, -0.15) is 0 Å². The van der Waals surface area contributed by atoms with Crippen molar-refractivity contribution in [3.05, 3.63) is 28.7 Å². The van der Waals surface area contributed by atoms with E-state index < -0.39 is 9.05 Å². The first-order chi connectivity index (χ1) is 7.89. The number of hydrogen-bond acceptors (Lipinski definition) is 5. The molecule has 0 atom stereocenters. The number of hydrogen-bond donors (Lipinski definition) is 1.